The van der Waals surface area contributed by atoms with E-state index in [1.165, 1.54) is 0 Å². The SMILES string of the molecule is CSc1ccccc1Nc1nnc(CNC(C)C)o1. The molecular formula is C13H18N4OS. The molecule has 0 fully saturated rings. The molecule has 0 spiro atoms. The van der Waals surface area contributed by atoms with Crippen molar-refractivity contribution >= 4 is 23.5 Å². The van der Waals surface area contributed by atoms with Gasteiger partial charge in [-0.05, 0) is 18.4 Å². The van der Waals surface area contributed by atoms with E-state index in [0.29, 0.717) is 24.5 Å². The van der Waals surface area contributed by atoms with Gasteiger partial charge in [0.25, 0.3) is 0 Å². The van der Waals surface area contributed by atoms with E-state index >= 15 is 0 Å². The van der Waals surface area contributed by atoms with Gasteiger partial charge in [0.2, 0.25) is 5.89 Å². The number of aromatic nitrogens is 2. The fraction of sp³-hybridized carbons (Fsp3) is 0.385. The predicted octanol–water partition coefficient (Wildman–Crippen LogP) is 3.03. The van der Waals surface area contributed by atoms with Crippen molar-refractivity contribution in [2.75, 3.05) is 11.6 Å². The predicted molar refractivity (Wildman–Crippen MR) is 77.8 cm³/mol. The lowest BCUT2D eigenvalue weighted by molar-refractivity contribution is 0.460. The fourth-order valence-corrected chi connectivity index (χ4v) is 2.08. The first-order valence-corrected chi connectivity index (χ1v) is 7.37. The minimum Gasteiger partial charge on any atom is -0.406 e. The molecule has 2 rings (SSSR count). The first-order valence-electron chi connectivity index (χ1n) is 6.15. The van der Waals surface area contributed by atoms with Crippen LogP contribution in [0.25, 0.3) is 0 Å². The molecule has 0 amide bonds. The second kappa shape index (κ2) is 6.58. The summed E-state index contributed by atoms with van der Waals surface area (Å²) < 4.78 is 5.53. The number of hydrogen-bond donors (Lipinski definition) is 2. The van der Waals surface area contributed by atoms with Crippen molar-refractivity contribution in [2.45, 2.75) is 31.3 Å². The quantitative estimate of drug-likeness (QED) is 0.792. The zero-order valence-corrected chi connectivity index (χ0v) is 12.1. The second-order valence-electron chi connectivity index (χ2n) is 4.36. The molecule has 0 unspecified atom stereocenters. The zero-order valence-electron chi connectivity index (χ0n) is 11.3. The van der Waals surface area contributed by atoms with Gasteiger partial charge in [0.05, 0.1) is 12.2 Å². The summed E-state index contributed by atoms with van der Waals surface area (Å²) in [6.45, 7) is 4.73. The molecule has 0 aliphatic heterocycles. The van der Waals surface area contributed by atoms with E-state index < -0.39 is 0 Å². The molecule has 2 aromatic rings. The summed E-state index contributed by atoms with van der Waals surface area (Å²) >= 11 is 1.67. The highest BCUT2D eigenvalue weighted by Gasteiger charge is 2.08. The Kier molecular flexibility index (Phi) is 4.81. The number of thioether (sulfide) groups is 1. The summed E-state index contributed by atoms with van der Waals surface area (Å²) in [4.78, 5) is 1.14. The van der Waals surface area contributed by atoms with Crippen LogP contribution in [0.2, 0.25) is 0 Å². The summed E-state index contributed by atoms with van der Waals surface area (Å²) in [7, 11) is 0. The third-order valence-electron chi connectivity index (χ3n) is 2.48. The van der Waals surface area contributed by atoms with Crippen molar-refractivity contribution in [1.29, 1.82) is 0 Å². The Morgan fingerprint density at radius 1 is 1.26 bits per heavy atom. The highest BCUT2D eigenvalue weighted by atomic mass is 32.2. The van der Waals surface area contributed by atoms with Crippen molar-refractivity contribution in [1.82, 2.24) is 15.5 Å². The van der Waals surface area contributed by atoms with E-state index in [9.17, 15) is 0 Å². The highest BCUT2D eigenvalue weighted by Crippen LogP contribution is 2.27. The molecule has 0 radical (unpaired) electrons. The standard InChI is InChI=1S/C13H18N4OS/c1-9(2)14-8-12-16-17-13(18-12)15-10-6-4-5-7-11(10)19-3/h4-7,9,14H,8H2,1-3H3,(H,15,17). The molecule has 5 nitrogen and oxygen atoms in total. The minimum atomic E-state index is 0.389. The third kappa shape index (κ3) is 3.97. The van der Waals surface area contributed by atoms with Crippen molar-refractivity contribution in [3.63, 3.8) is 0 Å². The Morgan fingerprint density at radius 2 is 2.05 bits per heavy atom. The lowest BCUT2D eigenvalue weighted by atomic mass is 10.3. The molecular weight excluding hydrogens is 260 g/mol. The number of hydrogen-bond acceptors (Lipinski definition) is 6. The second-order valence-corrected chi connectivity index (χ2v) is 5.21. The number of para-hydroxylation sites is 1. The van der Waals surface area contributed by atoms with Crippen molar-refractivity contribution in [3.05, 3.63) is 30.2 Å². The largest absolute Gasteiger partial charge is 0.406 e. The van der Waals surface area contributed by atoms with Crippen molar-refractivity contribution in [2.24, 2.45) is 0 Å². The van der Waals surface area contributed by atoms with Crippen LogP contribution in [0, 0.1) is 0 Å². The van der Waals surface area contributed by atoms with Crippen LogP contribution in [0.15, 0.2) is 33.6 Å². The number of nitrogens with one attached hydrogen (secondary N) is 2. The lowest BCUT2D eigenvalue weighted by Crippen LogP contribution is -2.21. The van der Waals surface area contributed by atoms with Crippen LogP contribution in [0.3, 0.4) is 0 Å². The van der Waals surface area contributed by atoms with E-state index in [1.54, 1.807) is 11.8 Å². The van der Waals surface area contributed by atoms with Crippen LogP contribution in [0.5, 0.6) is 0 Å². The van der Waals surface area contributed by atoms with Gasteiger partial charge in [0.15, 0.2) is 0 Å². The van der Waals surface area contributed by atoms with Gasteiger partial charge in [-0.1, -0.05) is 31.1 Å². The molecule has 102 valence electrons. The van der Waals surface area contributed by atoms with Crippen LogP contribution in [-0.2, 0) is 6.54 Å². The molecule has 19 heavy (non-hydrogen) atoms. The maximum absolute atomic E-state index is 5.53. The molecule has 0 atom stereocenters. The van der Waals surface area contributed by atoms with Crippen molar-refractivity contribution < 1.29 is 4.42 Å². The Labute approximate surface area is 117 Å². The van der Waals surface area contributed by atoms with E-state index in [0.717, 1.165) is 10.6 Å². The third-order valence-corrected chi connectivity index (χ3v) is 3.27. The monoisotopic (exact) mass is 278 g/mol. The van der Waals surface area contributed by atoms with Gasteiger partial charge in [-0.25, -0.2) is 0 Å². The summed E-state index contributed by atoms with van der Waals surface area (Å²) in [5, 5.41) is 14.4. The Hall–Kier alpha value is -1.53. The molecule has 1 aromatic carbocycles. The molecule has 0 aliphatic carbocycles. The Morgan fingerprint density at radius 3 is 2.79 bits per heavy atom. The maximum Gasteiger partial charge on any atom is 0.320 e. The molecule has 0 aliphatic rings. The number of rotatable bonds is 6. The number of benzene rings is 1. The summed E-state index contributed by atoms with van der Waals surface area (Å²) in [5.41, 5.74) is 0.974. The molecule has 6 heteroatoms. The maximum atomic E-state index is 5.53. The highest BCUT2D eigenvalue weighted by molar-refractivity contribution is 7.98. The van der Waals surface area contributed by atoms with Crippen molar-refractivity contribution in [3.8, 4) is 0 Å². The van der Waals surface area contributed by atoms with Gasteiger partial charge >= 0.3 is 6.01 Å². The molecule has 2 N–H and O–H groups in total. The first-order chi connectivity index (χ1) is 9.19. The fourth-order valence-electron chi connectivity index (χ4n) is 1.53. The van der Waals surface area contributed by atoms with Crippen LogP contribution in [-0.4, -0.2) is 22.5 Å². The molecule has 1 aromatic heterocycles. The van der Waals surface area contributed by atoms with Gasteiger partial charge in [-0.2, -0.15) is 0 Å². The van der Waals surface area contributed by atoms with Crippen LogP contribution >= 0.6 is 11.8 Å². The smallest absolute Gasteiger partial charge is 0.320 e. The average molecular weight is 278 g/mol. The minimum absolute atomic E-state index is 0.389. The molecule has 1 heterocycles. The van der Waals surface area contributed by atoms with Crippen LogP contribution in [0.4, 0.5) is 11.7 Å². The van der Waals surface area contributed by atoms with E-state index in [-0.39, 0.29) is 0 Å². The zero-order chi connectivity index (χ0) is 13.7. The average Bonchev–Trinajstić information content (AvgIpc) is 2.85. The summed E-state index contributed by atoms with van der Waals surface area (Å²) in [5.74, 6) is 0.581. The summed E-state index contributed by atoms with van der Waals surface area (Å²) in [6, 6.07) is 8.82. The molecule has 0 saturated heterocycles. The molecule has 0 saturated carbocycles. The first kappa shape index (κ1) is 13.9. The Balaban J connectivity index is 2.03. The Bertz CT molecular complexity index is 527. The number of nitrogens with zero attached hydrogens (tertiary/aromatic N) is 2. The van der Waals surface area contributed by atoms with Gasteiger partial charge in [-0.3, -0.25) is 0 Å². The normalized spacial score (nSPS) is 10.9. The van der Waals surface area contributed by atoms with Gasteiger partial charge in [0.1, 0.15) is 0 Å². The lowest BCUT2D eigenvalue weighted by Gasteiger charge is -2.06. The van der Waals surface area contributed by atoms with Crippen LogP contribution in [0.1, 0.15) is 19.7 Å². The van der Waals surface area contributed by atoms with Gasteiger partial charge < -0.3 is 15.1 Å². The van der Waals surface area contributed by atoms with Gasteiger partial charge in [0, 0.05) is 10.9 Å². The molecule has 0 bridgehead atoms. The van der Waals surface area contributed by atoms with E-state index in [1.807, 2.05) is 30.5 Å². The van der Waals surface area contributed by atoms with Gasteiger partial charge in [-0.15, -0.1) is 16.9 Å². The summed E-state index contributed by atoms with van der Waals surface area (Å²) in [6.07, 6.45) is 2.03. The number of anilines is 2. The topological polar surface area (TPSA) is 63.0 Å². The van der Waals surface area contributed by atoms with E-state index in [2.05, 4.69) is 34.7 Å². The van der Waals surface area contributed by atoms with E-state index in [4.69, 9.17) is 4.42 Å². The van der Waals surface area contributed by atoms with Crippen LogP contribution < -0.4 is 10.6 Å².